The smallest absolute Gasteiger partial charge is 0.251 e. The summed E-state index contributed by atoms with van der Waals surface area (Å²) in [4.78, 5) is 25.4. The van der Waals surface area contributed by atoms with Crippen LogP contribution in [0.5, 0.6) is 0 Å². The SMILES string of the molecule is CC[C@@H](C(=O)Nc1cc(C(=O)NC2CCCCC2)ccc1Cl)c1ccccc1. The van der Waals surface area contributed by atoms with Gasteiger partial charge in [-0.15, -0.1) is 0 Å². The lowest BCUT2D eigenvalue weighted by atomic mass is 9.95. The number of halogens is 1. The minimum Gasteiger partial charge on any atom is -0.349 e. The first-order valence-corrected chi connectivity index (χ1v) is 10.4. The molecule has 1 fully saturated rings. The zero-order chi connectivity index (χ0) is 19.9. The van der Waals surface area contributed by atoms with Gasteiger partial charge in [-0.05, 0) is 43.0 Å². The molecule has 3 rings (SSSR count). The Bertz CT molecular complexity index is 817. The molecule has 0 bridgehead atoms. The first-order valence-electron chi connectivity index (χ1n) is 10.0. The Morgan fingerprint density at radius 3 is 2.46 bits per heavy atom. The van der Waals surface area contributed by atoms with Gasteiger partial charge in [-0.3, -0.25) is 9.59 Å². The molecule has 1 saturated carbocycles. The number of hydrogen-bond acceptors (Lipinski definition) is 2. The number of benzene rings is 2. The zero-order valence-corrected chi connectivity index (χ0v) is 17.0. The molecule has 2 aromatic carbocycles. The van der Waals surface area contributed by atoms with Gasteiger partial charge in [0, 0.05) is 11.6 Å². The fraction of sp³-hybridized carbons (Fsp3) is 0.391. The number of anilines is 1. The van der Waals surface area contributed by atoms with Crippen molar-refractivity contribution < 1.29 is 9.59 Å². The van der Waals surface area contributed by atoms with E-state index in [0.29, 0.717) is 22.7 Å². The molecule has 0 unspecified atom stereocenters. The molecule has 2 N–H and O–H groups in total. The highest BCUT2D eigenvalue weighted by Crippen LogP contribution is 2.27. The topological polar surface area (TPSA) is 58.2 Å². The number of carbonyl (C=O) groups is 2. The summed E-state index contributed by atoms with van der Waals surface area (Å²) >= 11 is 6.28. The Hall–Kier alpha value is -2.33. The van der Waals surface area contributed by atoms with Crippen LogP contribution in [0.4, 0.5) is 5.69 Å². The summed E-state index contributed by atoms with van der Waals surface area (Å²) in [7, 11) is 0. The summed E-state index contributed by atoms with van der Waals surface area (Å²) in [5.74, 6) is -0.508. The second-order valence-electron chi connectivity index (χ2n) is 7.36. The van der Waals surface area contributed by atoms with E-state index in [-0.39, 0.29) is 23.8 Å². The molecule has 5 heteroatoms. The Morgan fingerprint density at radius 1 is 1.07 bits per heavy atom. The fourth-order valence-electron chi connectivity index (χ4n) is 3.76. The van der Waals surface area contributed by atoms with Crippen LogP contribution in [0.3, 0.4) is 0 Å². The summed E-state index contributed by atoms with van der Waals surface area (Å²) in [5.41, 5.74) is 1.94. The number of rotatable bonds is 6. The van der Waals surface area contributed by atoms with Crippen molar-refractivity contribution in [2.75, 3.05) is 5.32 Å². The number of carbonyl (C=O) groups excluding carboxylic acids is 2. The second kappa shape index (κ2) is 9.74. The zero-order valence-electron chi connectivity index (χ0n) is 16.2. The summed E-state index contributed by atoms with van der Waals surface area (Å²) in [6.45, 7) is 1.98. The summed E-state index contributed by atoms with van der Waals surface area (Å²) in [6.07, 6.45) is 6.28. The van der Waals surface area contributed by atoms with Crippen LogP contribution in [0.25, 0.3) is 0 Å². The number of amides is 2. The van der Waals surface area contributed by atoms with Gasteiger partial charge in [-0.2, -0.15) is 0 Å². The predicted molar refractivity (Wildman–Crippen MR) is 114 cm³/mol. The lowest BCUT2D eigenvalue weighted by molar-refractivity contribution is -0.117. The molecule has 0 aromatic heterocycles. The van der Waals surface area contributed by atoms with Crippen LogP contribution >= 0.6 is 11.6 Å². The average molecular weight is 399 g/mol. The van der Waals surface area contributed by atoms with E-state index in [9.17, 15) is 9.59 Å². The standard InChI is InChI=1S/C23H27ClN2O2/c1-2-19(16-9-5-3-6-10-16)23(28)26-21-15-17(13-14-20(21)24)22(27)25-18-11-7-4-8-12-18/h3,5-6,9-10,13-15,18-19H,2,4,7-8,11-12H2,1H3,(H,25,27)(H,26,28)/t19-/m1/s1. The fourth-order valence-corrected chi connectivity index (χ4v) is 3.92. The first-order chi connectivity index (χ1) is 13.6. The van der Waals surface area contributed by atoms with Gasteiger partial charge in [0.1, 0.15) is 0 Å². The van der Waals surface area contributed by atoms with E-state index >= 15 is 0 Å². The molecule has 0 aliphatic heterocycles. The van der Waals surface area contributed by atoms with Crippen molar-refractivity contribution in [2.24, 2.45) is 0 Å². The van der Waals surface area contributed by atoms with Crippen molar-refractivity contribution >= 4 is 29.1 Å². The molecule has 2 amide bonds. The molecule has 1 aliphatic rings. The van der Waals surface area contributed by atoms with Crippen LogP contribution in [0.1, 0.15) is 67.3 Å². The molecule has 1 aliphatic carbocycles. The average Bonchev–Trinajstić information content (AvgIpc) is 2.71. The normalized spacial score (nSPS) is 15.6. The quantitative estimate of drug-likeness (QED) is 0.671. The molecule has 1 atom stereocenters. The molecular weight excluding hydrogens is 372 g/mol. The lowest BCUT2D eigenvalue weighted by Gasteiger charge is -2.23. The van der Waals surface area contributed by atoms with Gasteiger partial charge >= 0.3 is 0 Å². The van der Waals surface area contributed by atoms with E-state index in [2.05, 4.69) is 10.6 Å². The van der Waals surface area contributed by atoms with Crippen molar-refractivity contribution in [3.05, 3.63) is 64.7 Å². The van der Waals surface area contributed by atoms with Crippen molar-refractivity contribution in [3.63, 3.8) is 0 Å². The monoisotopic (exact) mass is 398 g/mol. The lowest BCUT2D eigenvalue weighted by Crippen LogP contribution is -2.36. The van der Waals surface area contributed by atoms with Gasteiger partial charge in [-0.1, -0.05) is 68.1 Å². The maximum Gasteiger partial charge on any atom is 0.251 e. The minimum absolute atomic E-state index is 0.117. The third-order valence-corrected chi connectivity index (χ3v) is 5.68. The van der Waals surface area contributed by atoms with Crippen molar-refractivity contribution in [1.82, 2.24) is 5.32 Å². The summed E-state index contributed by atoms with van der Waals surface area (Å²) in [6, 6.07) is 14.9. The first kappa shape index (κ1) is 20.4. The van der Waals surface area contributed by atoms with E-state index in [1.54, 1.807) is 18.2 Å². The molecule has 0 saturated heterocycles. The summed E-state index contributed by atoms with van der Waals surface area (Å²) in [5, 5.41) is 6.43. The Morgan fingerprint density at radius 2 is 1.79 bits per heavy atom. The third-order valence-electron chi connectivity index (χ3n) is 5.35. The van der Waals surface area contributed by atoms with E-state index in [0.717, 1.165) is 31.2 Å². The van der Waals surface area contributed by atoms with Gasteiger partial charge in [0.05, 0.1) is 16.6 Å². The third kappa shape index (κ3) is 5.14. The number of hydrogen-bond donors (Lipinski definition) is 2. The van der Waals surface area contributed by atoms with Crippen LogP contribution < -0.4 is 10.6 Å². The van der Waals surface area contributed by atoms with E-state index in [1.807, 2.05) is 37.3 Å². The molecule has 0 radical (unpaired) electrons. The van der Waals surface area contributed by atoms with Crippen LogP contribution in [-0.4, -0.2) is 17.9 Å². The predicted octanol–water partition coefficient (Wildman–Crippen LogP) is 5.53. The molecule has 0 heterocycles. The minimum atomic E-state index is -0.267. The van der Waals surface area contributed by atoms with Crippen molar-refractivity contribution in [3.8, 4) is 0 Å². The Kier molecular flexibility index (Phi) is 7.10. The van der Waals surface area contributed by atoms with Crippen LogP contribution in [0, 0.1) is 0 Å². The molecule has 28 heavy (non-hydrogen) atoms. The molecule has 0 spiro atoms. The molecule has 2 aromatic rings. The van der Waals surface area contributed by atoms with Gasteiger partial charge in [0.2, 0.25) is 5.91 Å². The second-order valence-corrected chi connectivity index (χ2v) is 7.77. The van der Waals surface area contributed by atoms with Crippen LogP contribution in [-0.2, 0) is 4.79 Å². The highest BCUT2D eigenvalue weighted by Gasteiger charge is 2.21. The maximum absolute atomic E-state index is 12.8. The van der Waals surface area contributed by atoms with E-state index < -0.39 is 0 Å². The maximum atomic E-state index is 12.8. The van der Waals surface area contributed by atoms with Crippen LogP contribution in [0.2, 0.25) is 5.02 Å². The van der Waals surface area contributed by atoms with Gasteiger partial charge in [-0.25, -0.2) is 0 Å². The van der Waals surface area contributed by atoms with Crippen LogP contribution in [0.15, 0.2) is 48.5 Å². The van der Waals surface area contributed by atoms with E-state index in [4.69, 9.17) is 11.6 Å². The molecule has 4 nitrogen and oxygen atoms in total. The largest absolute Gasteiger partial charge is 0.349 e. The van der Waals surface area contributed by atoms with Gasteiger partial charge in [0.15, 0.2) is 0 Å². The Balaban J connectivity index is 1.72. The molecular formula is C23H27ClN2O2. The van der Waals surface area contributed by atoms with Gasteiger partial charge in [0.25, 0.3) is 5.91 Å². The summed E-state index contributed by atoms with van der Waals surface area (Å²) < 4.78 is 0. The number of nitrogens with one attached hydrogen (secondary N) is 2. The van der Waals surface area contributed by atoms with Crippen molar-refractivity contribution in [2.45, 2.75) is 57.4 Å². The highest BCUT2D eigenvalue weighted by molar-refractivity contribution is 6.34. The highest BCUT2D eigenvalue weighted by atomic mass is 35.5. The van der Waals surface area contributed by atoms with Crippen molar-refractivity contribution in [1.29, 1.82) is 0 Å². The molecule has 148 valence electrons. The van der Waals surface area contributed by atoms with Gasteiger partial charge < -0.3 is 10.6 Å². The van der Waals surface area contributed by atoms with E-state index in [1.165, 1.54) is 6.42 Å². The Labute approximate surface area is 171 Å².